The van der Waals surface area contributed by atoms with E-state index in [1.165, 1.54) is 24.8 Å². The van der Waals surface area contributed by atoms with E-state index in [0.29, 0.717) is 6.04 Å². The first-order valence-corrected chi connectivity index (χ1v) is 6.74. The number of hydrogen-bond donors (Lipinski definition) is 1. The molecule has 0 amide bonds. The highest BCUT2D eigenvalue weighted by molar-refractivity contribution is 5.27. The van der Waals surface area contributed by atoms with E-state index in [2.05, 4.69) is 36.5 Å². The van der Waals surface area contributed by atoms with Gasteiger partial charge < -0.3 is 10.1 Å². The minimum Gasteiger partial charge on any atom is -0.494 e. The Hall–Kier alpha value is -1.02. The second kappa shape index (κ2) is 6.06. The van der Waals surface area contributed by atoms with Gasteiger partial charge in [0, 0.05) is 12.6 Å². The maximum Gasteiger partial charge on any atom is 0.119 e. The van der Waals surface area contributed by atoms with Crippen molar-refractivity contribution in [3.63, 3.8) is 0 Å². The van der Waals surface area contributed by atoms with Gasteiger partial charge in [0.05, 0.1) is 6.61 Å². The van der Waals surface area contributed by atoms with Crippen molar-refractivity contribution in [1.29, 1.82) is 0 Å². The Bertz CT molecular complexity index is 333. The number of ether oxygens (including phenoxy) is 1. The molecule has 2 heteroatoms. The fraction of sp³-hybridized carbons (Fsp3) is 0.600. The highest BCUT2D eigenvalue weighted by Crippen LogP contribution is 2.25. The van der Waals surface area contributed by atoms with Crippen LogP contribution in [0, 0.1) is 5.92 Å². The first-order valence-electron chi connectivity index (χ1n) is 6.74. The Balaban J connectivity index is 1.82. The van der Waals surface area contributed by atoms with E-state index >= 15 is 0 Å². The maximum atomic E-state index is 5.44. The molecule has 1 fully saturated rings. The maximum absolute atomic E-state index is 5.44. The van der Waals surface area contributed by atoms with Gasteiger partial charge in [-0.1, -0.05) is 25.5 Å². The summed E-state index contributed by atoms with van der Waals surface area (Å²) >= 11 is 0. The van der Waals surface area contributed by atoms with Crippen LogP contribution in [0.25, 0.3) is 0 Å². The van der Waals surface area contributed by atoms with Crippen LogP contribution in [0.4, 0.5) is 0 Å². The molecule has 0 bridgehead atoms. The summed E-state index contributed by atoms with van der Waals surface area (Å²) in [6, 6.07) is 9.12. The minimum absolute atomic E-state index is 0.710. The molecule has 0 heterocycles. The highest BCUT2D eigenvalue weighted by Gasteiger charge is 2.22. The molecule has 1 aliphatic carbocycles. The zero-order valence-corrected chi connectivity index (χ0v) is 10.9. The van der Waals surface area contributed by atoms with Gasteiger partial charge in [0.1, 0.15) is 5.75 Å². The van der Waals surface area contributed by atoms with Crippen molar-refractivity contribution < 1.29 is 4.74 Å². The molecule has 1 saturated carbocycles. The van der Waals surface area contributed by atoms with E-state index in [-0.39, 0.29) is 0 Å². The monoisotopic (exact) mass is 233 g/mol. The van der Waals surface area contributed by atoms with Crippen LogP contribution < -0.4 is 10.1 Å². The molecule has 0 spiro atoms. The van der Waals surface area contributed by atoms with E-state index in [9.17, 15) is 0 Å². The van der Waals surface area contributed by atoms with Gasteiger partial charge in [-0.25, -0.2) is 0 Å². The van der Waals surface area contributed by atoms with Crippen molar-refractivity contribution >= 4 is 0 Å². The third-order valence-corrected chi connectivity index (χ3v) is 3.66. The van der Waals surface area contributed by atoms with Crippen molar-refractivity contribution in [3.05, 3.63) is 29.8 Å². The van der Waals surface area contributed by atoms with Crippen molar-refractivity contribution in [2.24, 2.45) is 5.92 Å². The molecule has 1 aromatic rings. The number of benzene rings is 1. The minimum atomic E-state index is 0.710. The molecule has 94 valence electrons. The molecule has 0 aliphatic heterocycles. The quantitative estimate of drug-likeness (QED) is 0.842. The first-order chi connectivity index (χ1) is 8.29. The Morgan fingerprint density at radius 2 is 2.00 bits per heavy atom. The molecular formula is C15H23NO. The van der Waals surface area contributed by atoms with Crippen molar-refractivity contribution in [1.82, 2.24) is 5.32 Å². The molecule has 2 nitrogen and oxygen atoms in total. The van der Waals surface area contributed by atoms with Gasteiger partial charge in [-0.15, -0.1) is 0 Å². The fourth-order valence-electron chi connectivity index (χ4n) is 2.57. The Morgan fingerprint density at radius 3 is 2.59 bits per heavy atom. The topological polar surface area (TPSA) is 21.3 Å². The summed E-state index contributed by atoms with van der Waals surface area (Å²) in [6.07, 6.45) is 4.08. The number of nitrogens with one attached hydrogen (secondary N) is 1. The summed E-state index contributed by atoms with van der Waals surface area (Å²) in [4.78, 5) is 0. The van der Waals surface area contributed by atoms with Crippen molar-refractivity contribution in [2.75, 3.05) is 6.61 Å². The van der Waals surface area contributed by atoms with E-state index in [4.69, 9.17) is 4.74 Å². The van der Waals surface area contributed by atoms with Gasteiger partial charge in [-0.2, -0.15) is 0 Å². The Labute approximate surface area is 104 Å². The summed E-state index contributed by atoms with van der Waals surface area (Å²) in [5.74, 6) is 1.79. The fourth-order valence-corrected chi connectivity index (χ4v) is 2.57. The molecule has 0 radical (unpaired) electrons. The average molecular weight is 233 g/mol. The second-order valence-electron chi connectivity index (χ2n) is 4.97. The zero-order chi connectivity index (χ0) is 12.1. The number of rotatable bonds is 5. The average Bonchev–Trinajstić information content (AvgIpc) is 2.75. The van der Waals surface area contributed by atoms with E-state index < -0.39 is 0 Å². The lowest BCUT2D eigenvalue weighted by atomic mass is 10.1. The molecule has 1 N–H and O–H groups in total. The second-order valence-corrected chi connectivity index (χ2v) is 4.97. The normalized spacial score (nSPS) is 23.9. The summed E-state index contributed by atoms with van der Waals surface area (Å²) in [5.41, 5.74) is 1.34. The largest absolute Gasteiger partial charge is 0.494 e. The van der Waals surface area contributed by atoms with Gasteiger partial charge in [-0.05, 0) is 43.4 Å². The third kappa shape index (κ3) is 3.47. The third-order valence-electron chi connectivity index (χ3n) is 3.66. The van der Waals surface area contributed by atoms with Crippen LogP contribution in [0.3, 0.4) is 0 Å². The van der Waals surface area contributed by atoms with Crippen LogP contribution in [0.1, 0.15) is 38.7 Å². The lowest BCUT2D eigenvalue weighted by Gasteiger charge is -2.17. The highest BCUT2D eigenvalue weighted by atomic mass is 16.5. The van der Waals surface area contributed by atoms with Crippen LogP contribution in [-0.2, 0) is 6.54 Å². The summed E-state index contributed by atoms with van der Waals surface area (Å²) < 4.78 is 5.44. The SMILES string of the molecule is CCOc1ccc(CNC2CCCC2C)cc1. The Kier molecular flexibility index (Phi) is 4.43. The molecular weight excluding hydrogens is 210 g/mol. The van der Waals surface area contributed by atoms with Gasteiger partial charge in [0.2, 0.25) is 0 Å². The standard InChI is InChI=1S/C15H23NO/c1-3-17-14-9-7-13(8-10-14)11-16-15-6-4-5-12(15)2/h7-10,12,15-16H,3-6,11H2,1-2H3. The van der Waals surface area contributed by atoms with Gasteiger partial charge in [0.25, 0.3) is 0 Å². The predicted octanol–water partition coefficient (Wildman–Crippen LogP) is 3.36. The van der Waals surface area contributed by atoms with Crippen LogP contribution in [0.5, 0.6) is 5.75 Å². The van der Waals surface area contributed by atoms with E-state index in [0.717, 1.165) is 24.8 Å². The van der Waals surface area contributed by atoms with Crippen molar-refractivity contribution in [2.45, 2.75) is 45.7 Å². The van der Waals surface area contributed by atoms with E-state index in [1.807, 2.05) is 6.92 Å². The summed E-state index contributed by atoms with van der Waals surface area (Å²) in [7, 11) is 0. The predicted molar refractivity (Wildman–Crippen MR) is 71.3 cm³/mol. The molecule has 2 unspecified atom stereocenters. The van der Waals surface area contributed by atoms with E-state index in [1.54, 1.807) is 0 Å². The molecule has 1 aromatic carbocycles. The molecule has 2 rings (SSSR count). The zero-order valence-electron chi connectivity index (χ0n) is 10.9. The molecule has 17 heavy (non-hydrogen) atoms. The smallest absolute Gasteiger partial charge is 0.119 e. The first kappa shape index (κ1) is 12.4. The van der Waals surface area contributed by atoms with Gasteiger partial charge >= 0.3 is 0 Å². The Morgan fingerprint density at radius 1 is 1.24 bits per heavy atom. The molecule has 2 atom stereocenters. The van der Waals surface area contributed by atoms with Crippen LogP contribution in [0.15, 0.2) is 24.3 Å². The summed E-state index contributed by atoms with van der Waals surface area (Å²) in [5, 5.41) is 3.66. The summed E-state index contributed by atoms with van der Waals surface area (Å²) in [6.45, 7) is 6.07. The van der Waals surface area contributed by atoms with Gasteiger partial charge in [0.15, 0.2) is 0 Å². The number of hydrogen-bond acceptors (Lipinski definition) is 2. The lowest BCUT2D eigenvalue weighted by molar-refractivity contribution is 0.340. The van der Waals surface area contributed by atoms with Gasteiger partial charge in [-0.3, -0.25) is 0 Å². The molecule has 1 aliphatic rings. The van der Waals surface area contributed by atoms with Crippen LogP contribution in [0.2, 0.25) is 0 Å². The van der Waals surface area contributed by atoms with Crippen molar-refractivity contribution in [3.8, 4) is 5.75 Å². The molecule has 0 aromatic heterocycles. The van der Waals surface area contributed by atoms with Crippen LogP contribution >= 0.6 is 0 Å². The lowest BCUT2D eigenvalue weighted by Crippen LogP contribution is -2.30. The molecule has 0 saturated heterocycles. The van der Waals surface area contributed by atoms with Crippen LogP contribution in [-0.4, -0.2) is 12.6 Å².